The maximum Gasteiger partial charge on any atom is 0.231 e. The Morgan fingerprint density at radius 2 is 1.96 bits per heavy atom. The van der Waals surface area contributed by atoms with Crippen molar-refractivity contribution in [1.29, 1.82) is 0 Å². The lowest BCUT2D eigenvalue weighted by Crippen LogP contribution is -2.21. The molecule has 3 heterocycles. The van der Waals surface area contributed by atoms with E-state index in [0.717, 1.165) is 33.3 Å². The summed E-state index contributed by atoms with van der Waals surface area (Å²) in [5.74, 6) is 1.60. The molecule has 2 aromatic carbocycles. The second kappa shape index (κ2) is 5.30. The van der Waals surface area contributed by atoms with E-state index in [1.54, 1.807) is 0 Å². The molecular weight excluding hydrogens is 324 g/mol. The molecule has 4 nitrogen and oxygen atoms in total. The van der Waals surface area contributed by atoms with Crippen LogP contribution in [0.3, 0.4) is 0 Å². The molecule has 0 saturated heterocycles. The van der Waals surface area contributed by atoms with Gasteiger partial charge in [-0.05, 0) is 42.0 Å². The van der Waals surface area contributed by atoms with Gasteiger partial charge in [0.15, 0.2) is 11.5 Å². The Kier molecular flexibility index (Phi) is 3.08. The summed E-state index contributed by atoms with van der Waals surface area (Å²) in [5, 5.41) is 4.41. The predicted octanol–water partition coefficient (Wildman–Crippen LogP) is 4.05. The van der Waals surface area contributed by atoms with Crippen molar-refractivity contribution in [3.05, 3.63) is 76.6 Å². The SMILES string of the molecule is Clc1cccc2c1CNC(c1ccc3c(c1)OCO3)c1cccn1-2. The molecule has 2 aliphatic rings. The Bertz CT molecular complexity index is 935. The van der Waals surface area contributed by atoms with Gasteiger partial charge >= 0.3 is 0 Å². The van der Waals surface area contributed by atoms with Gasteiger partial charge in [0.05, 0.1) is 11.7 Å². The number of benzene rings is 2. The van der Waals surface area contributed by atoms with Gasteiger partial charge in [0, 0.05) is 29.0 Å². The molecule has 5 rings (SSSR count). The number of aromatic nitrogens is 1. The zero-order valence-corrected chi connectivity index (χ0v) is 13.6. The lowest BCUT2D eigenvalue weighted by molar-refractivity contribution is 0.174. The number of halogens is 1. The van der Waals surface area contributed by atoms with E-state index in [4.69, 9.17) is 21.1 Å². The molecule has 0 fully saturated rings. The van der Waals surface area contributed by atoms with Gasteiger partial charge in [0.2, 0.25) is 6.79 Å². The Hall–Kier alpha value is -2.43. The van der Waals surface area contributed by atoms with Gasteiger partial charge in [-0.1, -0.05) is 23.7 Å². The van der Waals surface area contributed by atoms with Gasteiger partial charge in [-0.15, -0.1) is 0 Å². The van der Waals surface area contributed by atoms with Crippen LogP contribution in [0.5, 0.6) is 11.5 Å². The Morgan fingerprint density at radius 1 is 1.04 bits per heavy atom. The maximum absolute atomic E-state index is 6.43. The van der Waals surface area contributed by atoms with Crippen molar-refractivity contribution in [2.45, 2.75) is 12.6 Å². The fourth-order valence-corrected chi connectivity index (χ4v) is 3.72. The van der Waals surface area contributed by atoms with Crippen LogP contribution in [0.4, 0.5) is 0 Å². The normalized spacial score (nSPS) is 18.0. The van der Waals surface area contributed by atoms with Crippen LogP contribution in [0.1, 0.15) is 22.9 Å². The summed E-state index contributed by atoms with van der Waals surface area (Å²) in [4.78, 5) is 0. The lowest BCUT2D eigenvalue weighted by atomic mass is 10.0. The van der Waals surface area contributed by atoms with Crippen LogP contribution in [0.2, 0.25) is 5.02 Å². The highest BCUT2D eigenvalue weighted by atomic mass is 35.5. The fraction of sp³-hybridized carbons (Fsp3) is 0.158. The number of nitrogens with zero attached hydrogens (tertiary/aromatic N) is 1. The van der Waals surface area contributed by atoms with Crippen LogP contribution in [0.15, 0.2) is 54.7 Å². The van der Waals surface area contributed by atoms with Gasteiger partial charge < -0.3 is 19.4 Å². The number of hydrogen-bond donors (Lipinski definition) is 1. The van der Waals surface area contributed by atoms with E-state index >= 15 is 0 Å². The fourth-order valence-electron chi connectivity index (χ4n) is 3.49. The van der Waals surface area contributed by atoms with Gasteiger partial charge in [0.25, 0.3) is 0 Å². The Balaban J connectivity index is 1.64. The minimum Gasteiger partial charge on any atom is -0.454 e. The smallest absolute Gasteiger partial charge is 0.231 e. The molecule has 1 aromatic heterocycles. The van der Waals surface area contributed by atoms with Crippen LogP contribution >= 0.6 is 11.6 Å². The highest BCUT2D eigenvalue weighted by molar-refractivity contribution is 6.31. The molecule has 120 valence electrons. The van der Waals surface area contributed by atoms with Crippen molar-refractivity contribution in [3.8, 4) is 17.2 Å². The second-order valence-electron chi connectivity index (χ2n) is 5.97. The third-order valence-electron chi connectivity index (χ3n) is 4.64. The summed E-state index contributed by atoms with van der Waals surface area (Å²) in [7, 11) is 0. The molecule has 24 heavy (non-hydrogen) atoms. The van der Waals surface area contributed by atoms with Gasteiger partial charge in [-0.25, -0.2) is 0 Å². The summed E-state index contributed by atoms with van der Waals surface area (Å²) in [6.07, 6.45) is 2.08. The number of rotatable bonds is 1. The molecular formula is C19H15ClN2O2. The average molecular weight is 339 g/mol. The minimum atomic E-state index is 0.0537. The summed E-state index contributed by atoms with van der Waals surface area (Å²) in [5.41, 5.74) is 4.55. The first-order valence-corrected chi connectivity index (χ1v) is 8.27. The Morgan fingerprint density at radius 3 is 2.92 bits per heavy atom. The second-order valence-corrected chi connectivity index (χ2v) is 6.37. The van der Waals surface area contributed by atoms with Crippen LogP contribution in [0.25, 0.3) is 5.69 Å². The highest BCUT2D eigenvalue weighted by Gasteiger charge is 2.25. The topological polar surface area (TPSA) is 35.4 Å². The first-order valence-electron chi connectivity index (χ1n) is 7.89. The molecule has 0 bridgehead atoms. The van der Waals surface area contributed by atoms with E-state index in [1.807, 2.05) is 18.2 Å². The van der Waals surface area contributed by atoms with E-state index in [0.29, 0.717) is 6.54 Å². The van der Waals surface area contributed by atoms with Gasteiger partial charge in [0.1, 0.15) is 0 Å². The van der Waals surface area contributed by atoms with E-state index in [9.17, 15) is 0 Å². The van der Waals surface area contributed by atoms with Gasteiger partial charge in [-0.2, -0.15) is 0 Å². The first kappa shape index (κ1) is 14.0. The molecule has 2 aliphatic heterocycles. The minimum absolute atomic E-state index is 0.0537. The monoisotopic (exact) mass is 338 g/mol. The van der Waals surface area contributed by atoms with Crippen molar-refractivity contribution in [3.63, 3.8) is 0 Å². The third kappa shape index (κ3) is 2.04. The molecule has 3 aromatic rings. The van der Waals surface area contributed by atoms with Crippen molar-refractivity contribution in [1.82, 2.24) is 9.88 Å². The molecule has 1 unspecified atom stereocenters. The quantitative estimate of drug-likeness (QED) is 0.727. The highest BCUT2D eigenvalue weighted by Crippen LogP contribution is 2.38. The number of fused-ring (bicyclic) bond motifs is 4. The van der Waals surface area contributed by atoms with Crippen LogP contribution < -0.4 is 14.8 Å². The van der Waals surface area contributed by atoms with E-state index in [1.165, 1.54) is 5.69 Å². The van der Waals surface area contributed by atoms with Crippen molar-refractivity contribution >= 4 is 11.6 Å². The predicted molar refractivity (Wildman–Crippen MR) is 92.0 cm³/mol. The van der Waals surface area contributed by atoms with Crippen LogP contribution in [0, 0.1) is 0 Å². The van der Waals surface area contributed by atoms with E-state index < -0.39 is 0 Å². The zero-order chi connectivity index (χ0) is 16.1. The summed E-state index contributed by atoms with van der Waals surface area (Å²) >= 11 is 6.43. The summed E-state index contributed by atoms with van der Waals surface area (Å²) in [6, 6.07) is 16.4. The molecule has 0 aliphatic carbocycles. The third-order valence-corrected chi connectivity index (χ3v) is 5.00. The summed E-state index contributed by atoms with van der Waals surface area (Å²) < 4.78 is 13.2. The average Bonchev–Trinajstić information content (AvgIpc) is 3.22. The van der Waals surface area contributed by atoms with Crippen molar-refractivity contribution in [2.24, 2.45) is 0 Å². The molecule has 0 radical (unpaired) electrons. The van der Waals surface area contributed by atoms with Crippen molar-refractivity contribution < 1.29 is 9.47 Å². The number of ether oxygens (including phenoxy) is 2. The zero-order valence-electron chi connectivity index (χ0n) is 12.8. The lowest BCUT2D eigenvalue weighted by Gasteiger charge is -2.18. The molecule has 5 heteroatoms. The molecule has 0 saturated carbocycles. The van der Waals surface area contributed by atoms with E-state index in [2.05, 4.69) is 46.4 Å². The molecule has 1 N–H and O–H groups in total. The first-order chi connectivity index (χ1) is 11.8. The summed E-state index contributed by atoms with van der Waals surface area (Å²) in [6.45, 7) is 0.990. The molecule has 1 atom stereocenters. The number of nitrogens with one attached hydrogen (secondary N) is 1. The Labute approximate surface area is 144 Å². The number of hydrogen-bond acceptors (Lipinski definition) is 3. The van der Waals surface area contributed by atoms with E-state index in [-0.39, 0.29) is 12.8 Å². The van der Waals surface area contributed by atoms with Crippen LogP contribution in [-0.4, -0.2) is 11.4 Å². The van der Waals surface area contributed by atoms with Crippen LogP contribution in [-0.2, 0) is 6.54 Å². The largest absolute Gasteiger partial charge is 0.454 e. The van der Waals surface area contributed by atoms with Crippen molar-refractivity contribution in [2.75, 3.05) is 6.79 Å². The standard InChI is InChI=1S/C19H15ClN2O2/c20-14-3-1-4-15-13(14)10-21-19(16-5-2-8-22(15)16)12-6-7-17-18(9-12)24-11-23-17/h1-9,19,21H,10-11H2. The molecule has 0 spiro atoms. The maximum atomic E-state index is 6.43. The van der Waals surface area contributed by atoms with Gasteiger partial charge in [-0.3, -0.25) is 0 Å². The molecule has 0 amide bonds.